The maximum atomic E-state index is 3.65. The topological polar surface area (TPSA) is 36.1 Å². The molecule has 0 amide bonds. The van der Waals surface area contributed by atoms with Crippen LogP contribution in [0.5, 0.6) is 0 Å². The van der Waals surface area contributed by atoms with Crippen LogP contribution in [0.3, 0.4) is 0 Å². The molecule has 1 aliphatic heterocycles. The van der Waals surface area contributed by atoms with Crippen LogP contribution in [0.15, 0.2) is 0 Å². The maximum absolute atomic E-state index is 3.65. The lowest BCUT2D eigenvalue weighted by Crippen LogP contribution is -2.17. The Morgan fingerprint density at radius 3 is 0.467 bits per heavy atom. The van der Waals surface area contributed by atoms with Gasteiger partial charge < -0.3 is 16.0 Å². The first-order valence-electron chi connectivity index (χ1n) is 14.1. The lowest BCUT2D eigenvalue weighted by Gasteiger charge is -2.07. The van der Waals surface area contributed by atoms with E-state index in [1.807, 2.05) is 0 Å². The molecule has 1 fully saturated rings. The molecule has 1 aliphatic rings. The Kier molecular flexibility index (Phi) is 23.4. The molecule has 0 bridgehead atoms. The van der Waals surface area contributed by atoms with Gasteiger partial charge in [-0.3, -0.25) is 0 Å². The molecule has 1 saturated heterocycles. The van der Waals surface area contributed by atoms with Crippen LogP contribution in [0.4, 0.5) is 0 Å². The molecule has 0 unspecified atom stereocenters. The molecule has 0 saturated carbocycles. The van der Waals surface area contributed by atoms with Gasteiger partial charge in [0.1, 0.15) is 0 Å². The molecule has 1 rings (SSSR count). The summed E-state index contributed by atoms with van der Waals surface area (Å²) in [6.45, 7) is 7.40. The molecule has 0 aromatic heterocycles. The molecule has 0 aromatic rings. The van der Waals surface area contributed by atoms with Crippen molar-refractivity contribution in [1.29, 1.82) is 0 Å². The molecule has 3 heteroatoms. The zero-order chi connectivity index (χ0) is 21.2. The maximum Gasteiger partial charge on any atom is -0.00489 e. The molecule has 0 aliphatic carbocycles. The predicted molar refractivity (Wildman–Crippen MR) is 136 cm³/mol. The third kappa shape index (κ3) is 22.6. The first-order valence-corrected chi connectivity index (χ1v) is 14.1. The molecule has 1 heterocycles. The van der Waals surface area contributed by atoms with E-state index in [0.717, 1.165) is 0 Å². The highest BCUT2D eigenvalue weighted by molar-refractivity contribution is 4.55. The fraction of sp³-hybridized carbons (Fsp3) is 1.00. The molecule has 0 atom stereocenters. The number of nitrogens with one attached hydrogen (secondary N) is 3. The largest absolute Gasteiger partial charge is 0.317 e. The highest BCUT2D eigenvalue weighted by atomic mass is 14.8. The van der Waals surface area contributed by atoms with E-state index in [0.29, 0.717) is 0 Å². The molecule has 180 valence electrons. The van der Waals surface area contributed by atoms with Gasteiger partial charge in [-0.15, -0.1) is 0 Å². The van der Waals surface area contributed by atoms with Crippen molar-refractivity contribution in [3.8, 4) is 0 Å². The second-order valence-electron chi connectivity index (χ2n) is 9.67. The number of hydrogen-bond acceptors (Lipinski definition) is 3. The SMILES string of the molecule is C1CCCCNCCCCCCCCCNCCCCCCCCCNCCCC1. The van der Waals surface area contributed by atoms with Crippen molar-refractivity contribution in [2.24, 2.45) is 0 Å². The molecule has 3 N–H and O–H groups in total. The normalized spacial score (nSPS) is 24.0. The Morgan fingerprint density at radius 1 is 0.167 bits per heavy atom. The van der Waals surface area contributed by atoms with Gasteiger partial charge in [0.2, 0.25) is 0 Å². The monoisotopic (exact) mass is 423 g/mol. The van der Waals surface area contributed by atoms with Crippen molar-refractivity contribution >= 4 is 0 Å². The quantitative estimate of drug-likeness (QED) is 0.394. The van der Waals surface area contributed by atoms with Crippen LogP contribution >= 0.6 is 0 Å². The summed E-state index contributed by atoms with van der Waals surface area (Å²) in [5.41, 5.74) is 0. The molecule has 30 heavy (non-hydrogen) atoms. The second kappa shape index (κ2) is 25.1. The molecule has 3 nitrogen and oxygen atoms in total. The fourth-order valence-electron chi connectivity index (χ4n) is 4.53. The van der Waals surface area contributed by atoms with Gasteiger partial charge in [0.25, 0.3) is 0 Å². The molecular weight excluding hydrogens is 366 g/mol. The van der Waals surface area contributed by atoms with Gasteiger partial charge in [0.15, 0.2) is 0 Å². The third-order valence-corrected chi connectivity index (χ3v) is 6.62. The van der Waals surface area contributed by atoms with E-state index in [9.17, 15) is 0 Å². The van der Waals surface area contributed by atoms with Crippen molar-refractivity contribution in [2.45, 2.75) is 135 Å². The van der Waals surface area contributed by atoms with E-state index < -0.39 is 0 Å². The highest BCUT2D eigenvalue weighted by Gasteiger charge is 1.96. The van der Waals surface area contributed by atoms with Gasteiger partial charge in [-0.25, -0.2) is 0 Å². The van der Waals surface area contributed by atoms with Crippen LogP contribution < -0.4 is 16.0 Å². The molecule has 0 spiro atoms. The van der Waals surface area contributed by atoms with Crippen molar-refractivity contribution < 1.29 is 0 Å². The standard InChI is InChI=1S/C27H57N3/c1-4-10-16-22-28-24-18-12-6-2-8-14-20-26-30-27-21-15-9-3-7-13-19-25-29-23-17-11-5-1/h28-30H,1-27H2. The average molecular weight is 424 g/mol. The number of rotatable bonds is 0. The lowest BCUT2D eigenvalue weighted by atomic mass is 10.1. The summed E-state index contributed by atoms with van der Waals surface area (Å²) >= 11 is 0. The van der Waals surface area contributed by atoms with Gasteiger partial charge in [-0.1, -0.05) is 96.3 Å². The third-order valence-electron chi connectivity index (χ3n) is 6.62. The van der Waals surface area contributed by atoms with Gasteiger partial charge in [-0.2, -0.15) is 0 Å². The van der Waals surface area contributed by atoms with E-state index in [2.05, 4.69) is 16.0 Å². The van der Waals surface area contributed by atoms with Gasteiger partial charge in [0, 0.05) is 0 Å². The van der Waals surface area contributed by atoms with Gasteiger partial charge in [0.05, 0.1) is 0 Å². The first-order chi connectivity index (χ1) is 15.0. The van der Waals surface area contributed by atoms with Crippen LogP contribution in [-0.4, -0.2) is 39.3 Å². The lowest BCUT2D eigenvalue weighted by molar-refractivity contribution is 0.514. The Labute approximate surface area is 190 Å². The van der Waals surface area contributed by atoms with E-state index in [1.165, 1.54) is 174 Å². The van der Waals surface area contributed by atoms with Crippen LogP contribution in [0.1, 0.15) is 135 Å². The summed E-state index contributed by atoms with van der Waals surface area (Å²) in [4.78, 5) is 0. The molecular formula is C27H57N3. The minimum atomic E-state index is 1.23. The van der Waals surface area contributed by atoms with Gasteiger partial charge >= 0.3 is 0 Å². The van der Waals surface area contributed by atoms with Crippen LogP contribution in [0.25, 0.3) is 0 Å². The summed E-state index contributed by atoms with van der Waals surface area (Å²) < 4.78 is 0. The van der Waals surface area contributed by atoms with E-state index in [1.54, 1.807) is 0 Å². The minimum Gasteiger partial charge on any atom is -0.317 e. The molecule has 0 radical (unpaired) electrons. The first kappa shape index (κ1) is 27.9. The summed E-state index contributed by atoms with van der Waals surface area (Å²) in [5.74, 6) is 0. The Morgan fingerprint density at radius 2 is 0.300 bits per heavy atom. The molecule has 0 aromatic carbocycles. The van der Waals surface area contributed by atoms with Gasteiger partial charge in [-0.05, 0) is 77.8 Å². The second-order valence-corrected chi connectivity index (χ2v) is 9.67. The van der Waals surface area contributed by atoms with Crippen molar-refractivity contribution in [3.63, 3.8) is 0 Å². The van der Waals surface area contributed by atoms with E-state index in [4.69, 9.17) is 0 Å². The number of hydrogen-bond donors (Lipinski definition) is 3. The Bertz CT molecular complexity index is 161. The predicted octanol–water partition coefficient (Wildman–Crippen LogP) is 6.96. The summed E-state index contributed by atoms with van der Waals surface area (Å²) in [5, 5.41) is 10.9. The minimum absolute atomic E-state index is 1.23. The zero-order valence-electron chi connectivity index (χ0n) is 20.6. The van der Waals surface area contributed by atoms with E-state index >= 15 is 0 Å². The smallest absolute Gasteiger partial charge is 0.00489 e. The summed E-state index contributed by atoms with van der Waals surface area (Å²) in [7, 11) is 0. The van der Waals surface area contributed by atoms with Crippen molar-refractivity contribution in [3.05, 3.63) is 0 Å². The Balaban J connectivity index is 2.00. The van der Waals surface area contributed by atoms with Crippen molar-refractivity contribution in [1.82, 2.24) is 16.0 Å². The highest BCUT2D eigenvalue weighted by Crippen LogP contribution is 2.09. The Hall–Kier alpha value is -0.120. The average Bonchev–Trinajstić information content (AvgIpc) is 2.76. The summed E-state index contributed by atoms with van der Waals surface area (Å²) in [6, 6.07) is 0. The van der Waals surface area contributed by atoms with Crippen molar-refractivity contribution in [2.75, 3.05) is 39.3 Å². The van der Waals surface area contributed by atoms with E-state index in [-0.39, 0.29) is 0 Å². The van der Waals surface area contributed by atoms with Crippen LogP contribution in [-0.2, 0) is 0 Å². The summed E-state index contributed by atoms with van der Waals surface area (Å²) in [6.07, 6.45) is 29.7. The zero-order valence-corrected chi connectivity index (χ0v) is 20.6. The van der Waals surface area contributed by atoms with Crippen LogP contribution in [0.2, 0.25) is 0 Å². The van der Waals surface area contributed by atoms with Crippen LogP contribution in [0, 0.1) is 0 Å². The fourth-order valence-corrected chi connectivity index (χ4v) is 4.53.